The van der Waals surface area contributed by atoms with Gasteiger partial charge in [-0.1, -0.05) is 30.3 Å². The molecule has 5 heteroatoms. The minimum Gasteiger partial charge on any atom is -0.443 e. The topological polar surface area (TPSA) is 49.9 Å². The summed E-state index contributed by atoms with van der Waals surface area (Å²) in [5, 5.41) is 0. The van der Waals surface area contributed by atoms with Crippen LogP contribution in [-0.4, -0.2) is 46.5 Å². The van der Waals surface area contributed by atoms with Gasteiger partial charge in [0.25, 0.3) is 0 Å². The molecule has 2 fully saturated rings. The summed E-state index contributed by atoms with van der Waals surface area (Å²) in [5.41, 5.74) is 0.668. The fourth-order valence-corrected chi connectivity index (χ4v) is 3.33. The third-order valence-electron chi connectivity index (χ3n) is 4.39. The standard InChI is InChI=1S/C18H24N2O3/c1-18(2,3)23-17(22)20-15-12-19(10-9-14(15)16(20)21)11-13-7-5-4-6-8-13/h4-8,14-15H,9-12H2,1-3H3/t14-,15+/m1/s1. The maximum Gasteiger partial charge on any atom is 0.417 e. The molecule has 2 heterocycles. The molecule has 23 heavy (non-hydrogen) atoms. The number of β-lactam (4-membered cyclic amide) rings is 1. The Kier molecular flexibility index (Phi) is 4.15. The number of carbonyl (C=O) groups is 2. The van der Waals surface area contributed by atoms with Gasteiger partial charge < -0.3 is 4.74 Å². The molecule has 1 aromatic rings. The summed E-state index contributed by atoms with van der Waals surface area (Å²) in [6, 6.07) is 10.2. The molecule has 0 saturated carbocycles. The predicted octanol–water partition coefficient (Wildman–Crippen LogP) is 2.65. The van der Waals surface area contributed by atoms with E-state index in [2.05, 4.69) is 17.0 Å². The van der Waals surface area contributed by atoms with Crippen LogP contribution in [0.15, 0.2) is 30.3 Å². The third-order valence-corrected chi connectivity index (χ3v) is 4.39. The van der Waals surface area contributed by atoms with Crippen molar-refractivity contribution >= 4 is 12.0 Å². The minimum atomic E-state index is -0.582. The Morgan fingerprint density at radius 3 is 2.61 bits per heavy atom. The van der Waals surface area contributed by atoms with E-state index in [0.29, 0.717) is 0 Å². The van der Waals surface area contributed by atoms with Crippen molar-refractivity contribution < 1.29 is 14.3 Å². The molecule has 2 atom stereocenters. The van der Waals surface area contributed by atoms with Crippen LogP contribution in [-0.2, 0) is 16.1 Å². The van der Waals surface area contributed by atoms with Gasteiger partial charge in [-0.3, -0.25) is 9.69 Å². The quantitative estimate of drug-likeness (QED) is 0.787. The number of nitrogens with zero attached hydrogens (tertiary/aromatic N) is 2. The highest BCUT2D eigenvalue weighted by molar-refractivity contribution is 5.99. The fraction of sp³-hybridized carbons (Fsp3) is 0.556. The Bertz CT molecular complexity index is 594. The van der Waals surface area contributed by atoms with E-state index in [0.717, 1.165) is 26.1 Å². The lowest BCUT2D eigenvalue weighted by atomic mass is 9.81. The maximum atomic E-state index is 12.2. The van der Waals surface area contributed by atoms with Gasteiger partial charge in [-0.2, -0.15) is 0 Å². The largest absolute Gasteiger partial charge is 0.443 e. The highest BCUT2D eigenvalue weighted by Crippen LogP contribution is 2.35. The molecule has 0 N–H and O–H groups in total. The van der Waals surface area contributed by atoms with Gasteiger partial charge in [-0.15, -0.1) is 0 Å². The molecule has 2 amide bonds. The number of carbonyl (C=O) groups excluding carboxylic acids is 2. The van der Waals surface area contributed by atoms with Gasteiger partial charge in [0.15, 0.2) is 0 Å². The first-order valence-corrected chi connectivity index (χ1v) is 8.17. The number of imide groups is 1. The molecule has 0 radical (unpaired) electrons. The molecule has 0 aromatic heterocycles. The van der Waals surface area contributed by atoms with E-state index in [4.69, 9.17) is 4.74 Å². The number of ether oxygens (including phenoxy) is 1. The third kappa shape index (κ3) is 3.39. The second kappa shape index (κ2) is 5.96. The van der Waals surface area contributed by atoms with Crippen LogP contribution in [0.25, 0.3) is 0 Å². The zero-order chi connectivity index (χ0) is 16.6. The molecule has 3 rings (SSSR count). The van der Waals surface area contributed by atoms with E-state index in [9.17, 15) is 9.59 Å². The van der Waals surface area contributed by atoms with E-state index in [1.165, 1.54) is 10.5 Å². The summed E-state index contributed by atoms with van der Waals surface area (Å²) >= 11 is 0. The van der Waals surface area contributed by atoms with Gasteiger partial charge >= 0.3 is 6.09 Å². The van der Waals surface area contributed by atoms with Crippen LogP contribution in [0, 0.1) is 5.92 Å². The van der Waals surface area contributed by atoms with Crippen molar-refractivity contribution in [1.82, 2.24) is 9.80 Å². The SMILES string of the molecule is CC(C)(C)OC(=O)N1C(=O)[C@@H]2CCN(Cc3ccccc3)C[C@@H]21. The van der Waals surface area contributed by atoms with Crippen molar-refractivity contribution in [2.75, 3.05) is 13.1 Å². The van der Waals surface area contributed by atoms with E-state index >= 15 is 0 Å². The molecule has 2 aliphatic rings. The number of benzene rings is 1. The van der Waals surface area contributed by atoms with Crippen LogP contribution in [0.5, 0.6) is 0 Å². The van der Waals surface area contributed by atoms with Gasteiger partial charge in [0.1, 0.15) is 5.60 Å². The molecule has 2 aliphatic heterocycles. The lowest BCUT2D eigenvalue weighted by Gasteiger charge is -2.50. The summed E-state index contributed by atoms with van der Waals surface area (Å²) in [4.78, 5) is 28.0. The Hall–Kier alpha value is -1.88. The summed E-state index contributed by atoms with van der Waals surface area (Å²) < 4.78 is 5.36. The molecule has 5 nitrogen and oxygen atoms in total. The second-order valence-electron chi connectivity index (χ2n) is 7.37. The zero-order valence-corrected chi connectivity index (χ0v) is 14.0. The van der Waals surface area contributed by atoms with Crippen molar-refractivity contribution in [2.45, 2.75) is 45.4 Å². The van der Waals surface area contributed by atoms with E-state index in [1.54, 1.807) is 0 Å². The van der Waals surface area contributed by atoms with Crippen molar-refractivity contribution in [3.8, 4) is 0 Å². The highest BCUT2D eigenvalue weighted by atomic mass is 16.6. The van der Waals surface area contributed by atoms with Crippen LogP contribution >= 0.6 is 0 Å². The number of fused-ring (bicyclic) bond motifs is 1. The summed E-state index contributed by atoms with van der Waals surface area (Å²) in [6.45, 7) is 7.91. The van der Waals surface area contributed by atoms with Crippen molar-refractivity contribution in [1.29, 1.82) is 0 Å². The van der Waals surface area contributed by atoms with Crippen molar-refractivity contribution in [2.24, 2.45) is 5.92 Å². The van der Waals surface area contributed by atoms with Crippen LogP contribution in [0.3, 0.4) is 0 Å². The normalized spacial score (nSPS) is 24.8. The number of rotatable bonds is 2. The molecule has 1 aromatic carbocycles. The van der Waals surface area contributed by atoms with Gasteiger partial charge in [0.2, 0.25) is 5.91 Å². The number of hydrogen-bond acceptors (Lipinski definition) is 4. The van der Waals surface area contributed by atoms with Crippen molar-refractivity contribution in [3.63, 3.8) is 0 Å². The fourth-order valence-electron chi connectivity index (χ4n) is 3.33. The number of amides is 2. The average Bonchev–Trinajstić information content (AvgIpc) is 2.46. The van der Waals surface area contributed by atoms with Gasteiger partial charge in [-0.05, 0) is 39.3 Å². The molecule has 0 aliphatic carbocycles. The Balaban J connectivity index is 1.63. The number of hydrogen-bond donors (Lipinski definition) is 0. The lowest BCUT2D eigenvalue weighted by molar-refractivity contribution is -0.159. The van der Waals surface area contributed by atoms with Crippen LogP contribution < -0.4 is 0 Å². The first-order chi connectivity index (χ1) is 10.8. The zero-order valence-electron chi connectivity index (χ0n) is 14.0. The van der Waals surface area contributed by atoms with Gasteiger partial charge in [0, 0.05) is 13.1 Å². The van der Waals surface area contributed by atoms with E-state index in [1.807, 2.05) is 39.0 Å². The molecule has 0 unspecified atom stereocenters. The molecule has 0 bridgehead atoms. The molecular formula is C18H24N2O3. The van der Waals surface area contributed by atoms with Crippen LogP contribution in [0.2, 0.25) is 0 Å². The second-order valence-corrected chi connectivity index (χ2v) is 7.37. The monoisotopic (exact) mass is 316 g/mol. The first kappa shape index (κ1) is 16.0. The predicted molar refractivity (Wildman–Crippen MR) is 86.7 cm³/mol. The Morgan fingerprint density at radius 2 is 1.96 bits per heavy atom. The smallest absolute Gasteiger partial charge is 0.417 e. The van der Waals surface area contributed by atoms with Gasteiger partial charge in [-0.25, -0.2) is 9.69 Å². The van der Waals surface area contributed by atoms with E-state index in [-0.39, 0.29) is 17.9 Å². The summed E-state index contributed by atoms with van der Waals surface area (Å²) in [7, 11) is 0. The Labute approximate surface area is 137 Å². The van der Waals surface area contributed by atoms with Crippen molar-refractivity contribution in [3.05, 3.63) is 35.9 Å². The molecule has 2 saturated heterocycles. The summed E-state index contributed by atoms with van der Waals surface area (Å²) in [5.74, 6) is -0.0989. The Morgan fingerprint density at radius 1 is 1.26 bits per heavy atom. The van der Waals surface area contributed by atoms with E-state index < -0.39 is 11.7 Å². The molecule has 0 spiro atoms. The van der Waals surface area contributed by atoms with Crippen LogP contribution in [0.4, 0.5) is 4.79 Å². The lowest BCUT2D eigenvalue weighted by Crippen LogP contribution is -2.69. The number of likely N-dealkylation sites (tertiary alicyclic amines) is 2. The average molecular weight is 316 g/mol. The molecular weight excluding hydrogens is 292 g/mol. The summed E-state index contributed by atoms with van der Waals surface area (Å²) in [6.07, 6.45) is 0.306. The highest BCUT2D eigenvalue weighted by Gasteiger charge is 2.53. The van der Waals surface area contributed by atoms with Crippen LogP contribution in [0.1, 0.15) is 32.8 Å². The molecule has 124 valence electrons. The minimum absolute atomic E-state index is 0.0189. The number of piperidine rings is 1. The maximum absolute atomic E-state index is 12.2. The first-order valence-electron chi connectivity index (χ1n) is 8.17. The van der Waals surface area contributed by atoms with Gasteiger partial charge in [0.05, 0.1) is 12.0 Å².